The minimum atomic E-state index is -2.54. The number of alkyl halides is 2. The lowest BCUT2D eigenvalue weighted by Crippen LogP contribution is -2.12. The van der Waals surface area contributed by atoms with Gasteiger partial charge in [0.15, 0.2) is 0 Å². The molecule has 0 radical (unpaired) electrons. The van der Waals surface area contributed by atoms with Gasteiger partial charge in [0, 0.05) is 19.2 Å². The van der Waals surface area contributed by atoms with Crippen LogP contribution in [-0.4, -0.2) is 23.6 Å². The zero-order valence-corrected chi connectivity index (χ0v) is 7.30. The highest BCUT2D eigenvalue weighted by Crippen LogP contribution is 2.14. The van der Waals surface area contributed by atoms with Crippen molar-refractivity contribution in [2.75, 3.05) is 13.6 Å². The smallest absolute Gasteiger partial charge is 0.281 e. The highest BCUT2D eigenvalue weighted by atomic mass is 19.3. The minimum Gasteiger partial charge on any atom is -0.319 e. The normalized spacial score (nSPS) is 10.8. The van der Waals surface area contributed by atoms with Crippen LogP contribution in [0.2, 0.25) is 0 Å². The number of hydrogen-bond donors (Lipinski definition) is 1. The Bertz CT molecular complexity index is 265. The van der Waals surface area contributed by atoms with Crippen LogP contribution >= 0.6 is 0 Å². The number of nitrogens with zero attached hydrogens (tertiary/aromatic N) is 2. The molecule has 1 heterocycles. The molecule has 13 heavy (non-hydrogen) atoms. The second-order valence-corrected chi connectivity index (χ2v) is 2.59. The summed E-state index contributed by atoms with van der Waals surface area (Å²) in [4.78, 5) is 7.45. The van der Waals surface area contributed by atoms with E-state index < -0.39 is 6.43 Å². The predicted octanol–water partition coefficient (Wildman–Crippen LogP) is 1.18. The molecule has 0 fully saturated rings. The standard InChI is InChI=1S/C8H11F2N3/c1-11-3-2-6-4-12-5-7(13-6)8(9)10/h4-5,8,11H,2-3H2,1H3. The van der Waals surface area contributed by atoms with Crippen molar-refractivity contribution in [3.8, 4) is 0 Å². The Labute approximate surface area is 75.2 Å². The van der Waals surface area contributed by atoms with Gasteiger partial charge in [0.1, 0.15) is 5.69 Å². The molecular weight excluding hydrogens is 176 g/mol. The third kappa shape index (κ3) is 3.02. The average Bonchev–Trinajstić information content (AvgIpc) is 2.15. The summed E-state index contributed by atoms with van der Waals surface area (Å²) in [5, 5.41) is 2.91. The SMILES string of the molecule is CNCCc1cncc(C(F)F)n1. The Morgan fingerprint density at radius 2 is 2.23 bits per heavy atom. The second-order valence-electron chi connectivity index (χ2n) is 2.59. The van der Waals surface area contributed by atoms with E-state index >= 15 is 0 Å². The van der Waals surface area contributed by atoms with Crippen molar-refractivity contribution in [2.45, 2.75) is 12.8 Å². The number of aromatic nitrogens is 2. The lowest BCUT2D eigenvalue weighted by atomic mass is 10.3. The summed E-state index contributed by atoms with van der Waals surface area (Å²) in [6, 6.07) is 0. The summed E-state index contributed by atoms with van der Waals surface area (Å²) in [5.74, 6) is 0. The van der Waals surface area contributed by atoms with Gasteiger partial charge in [-0.25, -0.2) is 13.8 Å². The molecule has 0 saturated heterocycles. The van der Waals surface area contributed by atoms with Gasteiger partial charge < -0.3 is 5.32 Å². The van der Waals surface area contributed by atoms with Crippen LogP contribution < -0.4 is 5.32 Å². The van der Waals surface area contributed by atoms with Gasteiger partial charge in [-0.1, -0.05) is 0 Å². The lowest BCUT2D eigenvalue weighted by molar-refractivity contribution is 0.145. The van der Waals surface area contributed by atoms with Gasteiger partial charge in [-0.3, -0.25) is 4.98 Å². The van der Waals surface area contributed by atoms with Crippen LogP contribution in [0.4, 0.5) is 8.78 Å². The molecule has 1 N–H and O–H groups in total. The number of rotatable bonds is 4. The monoisotopic (exact) mass is 187 g/mol. The molecule has 0 amide bonds. The van der Waals surface area contributed by atoms with Gasteiger partial charge in [-0.05, 0) is 7.05 Å². The van der Waals surface area contributed by atoms with Crippen molar-refractivity contribution in [3.63, 3.8) is 0 Å². The van der Waals surface area contributed by atoms with E-state index in [1.807, 2.05) is 0 Å². The van der Waals surface area contributed by atoms with Gasteiger partial charge in [0.2, 0.25) is 0 Å². The molecule has 1 rings (SSSR count). The molecule has 0 bridgehead atoms. The van der Waals surface area contributed by atoms with Crippen molar-refractivity contribution in [3.05, 3.63) is 23.8 Å². The lowest BCUT2D eigenvalue weighted by Gasteiger charge is -2.02. The summed E-state index contributed by atoms with van der Waals surface area (Å²) in [6.45, 7) is 0.710. The predicted molar refractivity (Wildman–Crippen MR) is 44.6 cm³/mol. The van der Waals surface area contributed by atoms with E-state index in [1.165, 1.54) is 6.20 Å². The molecule has 0 atom stereocenters. The first-order chi connectivity index (χ1) is 6.24. The van der Waals surface area contributed by atoms with E-state index in [2.05, 4.69) is 15.3 Å². The zero-order valence-electron chi connectivity index (χ0n) is 7.30. The van der Waals surface area contributed by atoms with Crippen LogP contribution in [0.25, 0.3) is 0 Å². The summed E-state index contributed by atoms with van der Waals surface area (Å²) < 4.78 is 24.3. The van der Waals surface area contributed by atoms with Gasteiger partial charge in [-0.15, -0.1) is 0 Å². The topological polar surface area (TPSA) is 37.8 Å². The first kappa shape index (κ1) is 9.98. The molecule has 1 aromatic heterocycles. The Kier molecular flexibility index (Phi) is 3.70. The summed E-state index contributed by atoms with van der Waals surface area (Å²) in [5.41, 5.74) is 0.334. The van der Waals surface area contributed by atoms with Crippen molar-refractivity contribution in [1.82, 2.24) is 15.3 Å². The van der Waals surface area contributed by atoms with E-state index in [0.717, 1.165) is 6.20 Å². The molecule has 0 unspecified atom stereocenters. The first-order valence-electron chi connectivity index (χ1n) is 3.97. The van der Waals surface area contributed by atoms with Crippen LogP contribution in [-0.2, 0) is 6.42 Å². The Hall–Kier alpha value is -1.10. The second kappa shape index (κ2) is 4.81. The summed E-state index contributed by atoms with van der Waals surface area (Å²) >= 11 is 0. The molecule has 3 nitrogen and oxygen atoms in total. The molecular formula is C8H11F2N3. The van der Waals surface area contributed by atoms with Crippen molar-refractivity contribution in [2.24, 2.45) is 0 Å². The third-order valence-corrected chi connectivity index (χ3v) is 1.56. The van der Waals surface area contributed by atoms with Gasteiger partial charge in [-0.2, -0.15) is 0 Å². The molecule has 0 aromatic carbocycles. The fourth-order valence-corrected chi connectivity index (χ4v) is 0.902. The van der Waals surface area contributed by atoms with Gasteiger partial charge in [0.25, 0.3) is 6.43 Å². The minimum absolute atomic E-state index is 0.256. The highest BCUT2D eigenvalue weighted by molar-refractivity contribution is 5.04. The van der Waals surface area contributed by atoms with Crippen LogP contribution in [0.5, 0.6) is 0 Å². The third-order valence-electron chi connectivity index (χ3n) is 1.56. The Morgan fingerprint density at radius 1 is 1.46 bits per heavy atom. The van der Waals surface area contributed by atoms with Gasteiger partial charge >= 0.3 is 0 Å². The summed E-state index contributed by atoms with van der Waals surface area (Å²) in [6.07, 6.45) is 0.669. The maximum atomic E-state index is 12.2. The number of hydrogen-bond acceptors (Lipinski definition) is 3. The molecule has 5 heteroatoms. The molecule has 0 aliphatic carbocycles. The summed E-state index contributed by atoms with van der Waals surface area (Å²) in [7, 11) is 1.80. The van der Waals surface area contributed by atoms with E-state index in [9.17, 15) is 8.78 Å². The number of likely N-dealkylation sites (N-methyl/N-ethyl adjacent to an activating group) is 1. The fourth-order valence-electron chi connectivity index (χ4n) is 0.902. The van der Waals surface area contributed by atoms with Crippen molar-refractivity contribution < 1.29 is 8.78 Å². The first-order valence-corrected chi connectivity index (χ1v) is 3.97. The van der Waals surface area contributed by atoms with Crippen LogP contribution in [0, 0.1) is 0 Å². The van der Waals surface area contributed by atoms with E-state index in [1.54, 1.807) is 7.05 Å². The molecule has 0 aliphatic heterocycles. The van der Waals surface area contributed by atoms with Gasteiger partial charge in [0.05, 0.1) is 11.9 Å². The Balaban J connectivity index is 2.68. The van der Waals surface area contributed by atoms with E-state index in [-0.39, 0.29) is 5.69 Å². The van der Waals surface area contributed by atoms with E-state index in [4.69, 9.17) is 0 Å². The average molecular weight is 187 g/mol. The maximum Gasteiger partial charge on any atom is 0.281 e. The Morgan fingerprint density at radius 3 is 2.85 bits per heavy atom. The fraction of sp³-hybridized carbons (Fsp3) is 0.500. The molecule has 72 valence electrons. The van der Waals surface area contributed by atoms with Crippen LogP contribution in [0.3, 0.4) is 0 Å². The number of nitrogens with one attached hydrogen (secondary N) is 1. The largest absolute Gasteiger partial charge is 0.319 e. The molecule has 0 spiro atoms. The molecule has 1 aromatic rings. The molecule has 0 saturated carbocycles. The quantitative estimate of drug-likeness (QED) is 0.769. The zero-order chi connectivity index (χ0) is 9.68. The number of halogens is 2. The maximum absolute atomic E-state index is 12.2. The molecule has 0 aliphatic rings. The highest BCUT2D eigenvalue weighted by Gasteiger charge is 2.09. The van der Waals surface area contributed by atoms with Crippen molar-refractivity contribution >= 4 is 0 Å². The van der Waals surface area contributed by atoms with E-state index in [0.29, 0.717) is 18.7 Å². The van der Waals surface area contributed by atoms with Crippen LogP contribution in [0.1, 0.15) is 17.8 Å². The van der Waals surface area contributed by atoms with Crippen molar-refractivity contribution in [1.29, 1.82) is 0 Å². The van der Waals surface area contributed by atoms with Crippen LogP contribution in [0.15, 0.2) is 12.4 Å².